The number of sulfone groups is 1. The first kappa shape index (κ1) is 15.5. The van der Waals surface area contributed by atoms with Crippen LogP contribution in [0.2, 0.25) is 5.02 Å². The van der Waals surface area contributed by atoms with Gasteiger partial charge in [-0.15, -0.1) is 0 Å². The molecule has 1 rings (SSSR count). The van der Waals surface area contributed by atoms with Crippen molar-refractivity contribution in [1.82, 2.24) is 5.32 Å². The summed E-state index contributed by atoms with van der Waals surface area (Å²) >= 11 is 6.10. The Morgan fingerprint density at radius 1 is 1.28 bits per heavy atom. The van der Waals surface area contributed by atoms with Crippen molar-refractivity contribution in [2.45, 2.75) is 44.2 Å². The molecule has 18 heavy (non-hydrogen) atoms. The van der Waals surface area contributed by atoms with Crippen molar-refractivity contribution in [2.24, 2.45) is 0 Å². The van der Waals surface area contributed by atoms with Gasteiger partial charge in [0.05, 0.1) is 4.90 Å². The third-order valence-corrected chi connectivity index (χ3v) is 4.56. The fraction of sp³-hybridized carbons (Fsp3) is 0.538. The normalized spacial score (nSPS) is 12.1. The summed E-state index contributed by atoms with van der Waals surface area (Å²) in [6.07, 6.45) is 3.23. The summed E-state index contributed by atoms with van der Waals surface area (Å²) in [5.41, 5.74) is 0.661. The van der Waals surface area contributed by atoms with E-state index in [4.69, 9.17) is 11.6 Å². The van der Waals surface area contributed by atoms with Gasteiger partial charge in [0.15, 0.2) is 9.84 Å². The molecule has 1 aromatic carbocycles. The lowest BCUT2D eigenvalue weighted by Crippen LogP contribution is -2.27. The van der Waals surface area contributed by atoms with Crippen molar-refractivity contribution >= 4 is 21.4 Å². The van der Waals surface area contributed by atoms with E-state index in [-0.39, 0.29) is 0 Å². The van der Waals surface area contributed by atoms with E-state index in [2.05, 4.69) is 19.2 Å². The van der Waals surface area contributed by atoms with Crippen molar-refractivity contribution in [3.63, 3.8) is 0 Å². The lowest BCUT2D eigenvalue weighted by atomic mass is 10.1. The maximum Gasteiger partial charge on any atom is 0.175 e. The van der Waals surface area contributed by atoms with Gasteiger partial charge in [-0.3, -0.25) is 0 Å². The molecule has 0 atom stereocenters. The minimum Gasteiger partial charge on any atom is -0.310 e. The van der Waals surface area contributed by atoms with Gasteiger partial charge in [-0.25, -0.2) is 8.42 Å². The van der Waals surface area contributed by atoms with E-state index in [0.29, 0.717) is 28.1 Å². The highest BCUT2D eigenvalue weighted by Crippen LogP contribution is 2.24. The molecule has 102 valence electrons. The van der Waals surface area contributed by atoms with Crippen molar-refractivity contribution in [3.05, 3.63) is 28.8 Å². The summed E-state index contributed by atoms with van der Waals surface area (Å²) in [5.74, 6) is 0. The molecule has 0 aliphatic carbocycles. The Kier molecular flexibility index (Phi) is 5.63. The fourth-order valence-corrected chi connectivity index (χ4v) is 3.13. The van der Waals surface area contributed by atoms with Crippen molar-refractivity contribution in [2.75, 3.05) is 6.26 Å². The van der Waals surface area contributed by atoms with E-state index in [1.165, 1.54) is 6.26 Å². The molecule has 1 N–H and O–H groups in total. The molecule has 0 saturated carbocycles. The monoisotopic (exact) mass is 289 g/mol. The standard InChI is InChI=1S/C13H20ClNO2S/c1-4-10(5-2)15-9-11-12(14)7-6-8-13(11)18(3,16)17/h6-8,10,15H,4-5,9H2,1-3H3. The van der Waals surface area contributed by atoms with E-state index in [1.54, 1.807) is 18.2 Å². The fourth-order valence-electron chi connectivity index (χ4n) is 1.88. The molecule has 0 aromatic heterocycles. The molecule has 3 nitrogen and oxygen atoms in total. The lowest BCUT2D eigenvalue weighted by molar-refractivity contribution is 0.481. The molecule has 1 aromatic rings. The number of nitrogens with one attached hydrogen (secondary N) is 1. The molecular weight excluding hydrogens is 270 g/mol. The van der Waals surface area contributed by atoms with Crippen molar-refractivity contribution in [1.29, 1.82) is 0 Å². The molecule has 0 radical (unpaired) electrons. The molecule has 0 bridgehead atoms. The van der Waals surface area contributed by atoms with Crippen LogP contribution in [0.5, 0.6) is 0 Å². The van der Waals surface area contributed by atoms with Gasteiger partial charge in [0, 0.05) is 29.4 Å². The van der Waals surface area contributed by atoms with Gasteiger partial charge >= 0.3 is 0 Å². The zero-order chi connectivity index (χ0) is 13.8. The minimum absolute atomic E-state index is 0.313. The van der Waals surface area contributed by atoms with Crippen LogP contribution in [0.15, 0.2) is 23.1 Å². The number of rotatable bonds is 6. The van der Waals surface area contributed by atoms with Crippen molar-refractivity contribution < 1.29 is 8.42 Å². The summed E-state index contributed by atoms with van der Waals surface area (Å²) in [5, 5.41) is 3.84. The summed E-state index contributed by atoms with van der Waals surface area (Å²) in [6, 6.07) is 5.37. The van der Waals surface area contributed by atoms with Crippen LogP contribution in [0.25, 0.3) is 0 Å². The highest BCUT2D eigenvalue weighted by molar-refractivity contribution is 7.90. The van der Waals surface area contributed by atoms with Crippen LogP contribution >= 0.6 is 11.6 Å². The largest absolute Gasteiger partial charge is 0.310 e. The SMILES string of the molecule is CCC(CC)NCc1c(Cl)cccc1S(C)(=O)=O. The zero-order valence-electron chi connectivity index (χ0n) is 11.0. The molecule has 0 spiro atoms. The predicted octanol–water partition coefficient (Wildman–Crippen LogP) is 3.02. The van der Waals surface area contributed by atoms with E-state index < -0.39 is 9.84 Å². The van der Waals surface area contributed by atoms with E-state index >= 15 is 0 Å². The second kappa shape index (κ2) is 6.55. The third kappa shape index (κ3) is 3.97. The molecule has 0 unspecified atom stereocenters. The zero-order valence-corrected chi connectivity index (χ0v) is 12.6. The maximum absolute atomic E-state index is 11.7. The van der Waals surface area contributed by atoms with Crippen molar-refractivity contribution in [3.8, 4) is 0 Å². The van der Waals surface area contributed by atoms with E-state index in [9.17, 15) is 8.42 Å². The molecule has 0 heterocycles. The predicted molar refractivity (Wildman–Crippen MR) is 75.8 cm³/mol. The lowest BCUT2D eigenvalue weighted by Gasteiger charge is -2.17. The summed E-state index contributed by atoms with van der Waals surface area (Å²) < 4.78 is 23.4. The number of halogens is 1. The number of benzene rings is 1. The summed E-state index contributed by atoms with van der Waals surface area (Å²) in [7, 11) is -3.24. The van der Waals surface area contributed by atoms with Gasteiger partial charge in [-0.2, -0.15) is 0 Å². The molecular formula is C13H20ClNO2S. The smallest absolute Gasteiger partial charge is 0.175 e. The summed E-state index contributed by atoms with van der Waals surface area (Å²) in [6.45, 7) is 4.69. The van der Waals surface area contributed by atoms with Gasteiger partial charge in [0.1, 0.15) is 0 Å². The van der Waals surface area contributed by atoms with Crippen LogP contribution in [0.4, 0.5) is 0 Å². The third-order valence-electron chi connectivity index (χ3n) is 3.03. The van der Waals surface area contributed by atoms with E-state index in [0.717, 1.165) is 12.8 Å². The highest BCUT2D eigenvalue weighted by atomic mass is 35.5. The Morgan fingerprint density at radius 2 is 1.89 bits per heavy atom. The van der Waals surface area contributed by atoms with Gasteiger partial charge in [-0.1, -0.05) is 31.5 Å². The molecule has 0 saturated heterocycles. The first-order valence-corrected chi connectivity index (χ1v) is 8.37. The van der Waals surface area contributed by atoms with Gasteiger partial charge in [0.25, 0.3) is 0 Å². The van der Waals surface area contributed by atoms with Crippen LogP contribution in [-0.4, -0.2) is 20.7 Å². The van der Waals surface area contributed by atoms with Gasteiger partial charge in [-0.05, 0) is 25.0 Å². The highest BCUT2D eigenvalue weighted by Gasteiger charge is 2.16. The number of hydrogen-bond acceptors (Lipinski definition) is 3. The second-order valence-corrected chi connectivity index (χ2v) is 6.77. The van der Waals surface area contributed by atoms with Crippen LogP contribution in [0, 0.1) is 0 Å². The molecule has 0 amide bonds. The second-order valence-electron chi connectivity index (χ2n) is 4.38. The first-order chi connectivity index (χ1) is 8.40. The average Bonchev–Trinajstić information content (AvgIpc) is 2.30. The number of hydrogen-bond donors (Lipinski definition) is 1. The Labute approximate surface area is 114 Å². The summed E-state index contributed by atoms with van der Waals surface area (Å²) in [4.78, 5) is 0.313. The quantitative estimate of drug-likeness (QED) is 0.875. The topological polar surface area (TPSA) is 46.2 Å². The Bertz CT molecular complexity index is 496. The van der Waals surface area contributed by atoms with E-state index in [1.807, 2.05) is 0 Å². The van der Waals surface area contributed by atoms with Crippen LogP contribution < -0.4 is 5.32 Å². The first-order valence-electron chi connectivity index (χ1n) is 6.11. The maximum atomic E-state index is 11.7. The van der Waals surface area contributed by atoms with Crippen LogP contribution in [0.1, 0.15) is 32.3 Å². The minimum atomic E-state index is -3.24. The van der Waals surface area contributed by atoms with Gasteiger partial charge in [0.2, 0.25) is 0 Å². The van der Waals surface area contributed by atoms with Crippen LogP contribution in [-0.2, 0) is 16.4 Å². The molecule has 0 aliphatic rings. The Balaban J connectivity index is 3.01. The van der Waals surface area contributed by atoms with Crippen LogP contribution in [0.3, 0.4) is 0 Å². The average molecular weight is 290 g/mol. The van der Waals surface area contributed by atoms with Gasteiger partial charge < -0.3 is 5.32 Å². The Morgan fingerprint density at radius 3 is 2.39 bits per heavy atom. The molecule has 0 fully saturated rings. The molecule has 5 heteroatoms. The molecule has 0 aliphatic heterocycles. The Hall–Kier alpha value is -0.580.